The summed E-state index contributed by atoms with van der Waals surface area (Å²) < 4.78 is 16.7. The minimum Gasteiger partial charge on any atom is -0.493 e. The molecule has 0 aliphatic carbocycles. The number of rotatable bonds is 7. The van der Waals surface area contributed by atoms with Crippen LogP contribution in [0.1, 0.15) is 0 Å². The summed E-state index contributed by atoms with van der Waals surface area (Å²) in [4.78, 5) is 22.6. The van der Waals surface area contributed by atoms with Crippen molar-refractivity contribution in [2.75, 3.05) is 32.0 Å². The lowest BCUT2D eigenvalue weighted by Gasteiger charge is -2.14. The average molecular weight is 351 g/mol. The highest BCUT2D eigenvalue weighted by atomic mass is 16.5. The zero-order valence-corrected chi connectivity index (χ0v) is 13.8. The van der Waals surface area contributed by atoms with E-state index in [0.717, 1.165) is 4.68 Å². The van der Waals surface area contributed by atoms with E-state index in [-0.39, 0.29) is 12.4 Å². The highest BCUT2D eigenvalue weighted by molar-refractivity contribution is 5.99. The van der Waals surface area contributed by atoms with E-state index in [0.29, 0.717) is 22.9 Å². The molecule has 0 fully saturated rings. The summed E-state index contributed by atoms with van der Waals surface area (Å²) in [7, 11) is 4.39. The molecule has 11 heteroatoms. The minimum atomic E-state index is -1.07. The van der Waals surface area contributed by atoms with Crippen LogP contribution in [0, 0.1) is 0 Å². The van der Waals surface area contributed by atoms with Crippen molar-refractivity contribution in [3.8, 4) is 17.2 Å². The summed E-state index contributed by atoms with van der Waals surface area (Å²) in [5, 5.41) is 20.9. The number of aliphatic carboxylic acids is 1. The van der Waals surface area contributed by atoms with E-state index in [1.54, 1.807) is 12.1 Å². The molecule has 0 atom stereocenters. The second kappa shape index (κ2) is 7.86. The van der Waals surface area contributed by atoms with Crippen LogP contribution in [0.3, 0.4) is 0 Å². The molecular formula is C14H17N5O6. The Bertz CT molecular complexity index is 750. The largest absolute Gasteiger partial charge is 0.493 e. The first kappa shape index (κ1) is 17.8. The van der Waals surface area contributed by atoms with Gasteiger partial charge in [-0.1, -0.05) is 5.21 Å². The predicted octanol–water partition coefficient (Wildman–Crippen LogP) is 1.03. The fourth-order valence-corrected chi connectivity index (χ4v) is 2.00. The Balaban J connectivity index is 2.09. The van der Waals surface area contributed by atoms with Gasteiger partial charge in [0.2, 0.25) is 5.75 Å². The molecule has 2 amide bonds. The van der Waals surface area contributed by atoms with E-state index in [4.69, 9.17) is 19.3 Å². The molecule has 0 saturated heterocycles. The van der Waals surface area contributed by atoms with Gasteiger partial charge in [0, 0.05) is 12.1 Å². The molecule has 0 radical (unpaired) electrons. The van der Waals surface area contributed by atoms with E-state index in [9.17, 15) is 9.59 Å². The highest BCUT2D eigenvalue weighted by Crippen LogP contribution is 2.39. The van der Waals surface area contributed by atoms with Crippen molar-refractivity contribution in [2.45, 2.75) is 6.54 Å². The van der Waals surface area contributed by atoms with E-state index in [2.05, 4.69) is 20.9 Å². The SMILES string of the molecule is COc1cc(NC(=O)Nc2cn(CC(=O)O)nn2)cc(OC)c1OC. The van der Waals surface area contributed by atoms with E-state index in [1.165, 1.54) is 27.5 Å². The minimum absolute atomic E-state index is 0.103. The van der Waals surface area contributed by atoms with Crippen LogP contribution >= 0.6 is 0 Å². The summed E-state index contributed by atoms with van der Waals surface area (Å²) in [6, 6.07) is 2.52. The molecule has 3 N–H and O–H groups in total. The van der Waals surface area contributed by atoms with Crippen molar-refractivity contribution in [1.82, 2.24) is 15.0 Å². The van der Waals surface area contributed by atoms with E-state index < -0.39 is 12.0 Å². The molecule has 0 unspecified atom stereocenters. The molecule has 134 valence electrons. The van der Waals surface area contributed by atoms with Gasteiger partial charge in [-0.15, -0.1) is 5.10 Å². The quantitative estimate of drug-likeness (QED) is 0.673. The number of carbonyl (C=O) groups excluding carboxylic acids is 1. The lowest BCUT2D eigenvalue weighted by Crippen LogP contribution is -2.19. The fourth-order valence-electron chi connectivity index (χ4n) is 2.00. The maximum absolute atomic E-state index is 12.0. The third kappa shape index (κ3) is 4.50. The Labute approximate surface area is 142 Å². The zero-order valence-electron chi connectivity index (χ0n) is 13.8. The van der Waals surface area contributed by atoms with Crippen LogP contribution in [-0.2, 0) is 11.3 Å². The number of nitrogens with zero attached hydrogens (tertiary/aromatic N) is 3. The highest BCUT2D eigenvalue weighted by Gasteiger charge is 2.15. The Morgan fingerprint density at radius 2 is 1.76 bits per heavy atom. The van der Waals surface area contributed by atoms with Gasteiger partial charge >= 0.3 is 12.0 Å². The molecule has 11 nitrogen and oxygen atoms in total. The predicted molar refractivity (Wildman–Crippen MR) is 86.4 cm³/mol. The number of carboxylic acids is 1. The lowest BCUT2D eigenvalue weighted by atomic mass is 10.2. The maximum atomic E-state index is 12.0. The van der Waals surface area contributed by atoms with Crippen molar-refractivity contribution in [3.63, 3.8) is 0 Å². The van der Waals surface area contributed by atoms with Crippen LogP contribution in [0.4, 0.5) is 16.3 Å². The van der Waals surface area contributed by atoms with Gasteiger partial charge in [-0.05, 0) is 0 Å². The van der Waals surface area contributed by atoms with Gasteiger partial charge in [-0.2, -0.15) is 0 Å². The van der Waals surface area contributed by atoms with Crippen LogP contribution in [0.2, 0.25) is 0 Å². The monoisotopic (exact) mass is 351 g/mol. The van der Waals surface area contributed by atoms with Crippen molar-refractivity contribution in [3.05, 3.63) is 18.3 Å². The summed E-state index contributed by atoms with van der Waals surface area (Å²) in [6.45, 7) is -0.358. The molecule has 1 heterocycles. The van der Waals surface area contributed by atoms with Crippen LogP contribution in [0.15, 0.2) is 18.3 Å². The van der Waals surface area contributed by atoms with Gasteiger partial charge in [0.1, 0.15) is 6.54 Å². The molecule has 0 saturated carbocycles. The first-order valence-corrected chi connectivity index (χ1v) is 6.96. The fraction of sp³-hybridized carbons (Fsp3) is 0.286. The summed E-state index contributed by atoms with van der Waals surface area (Å²) in [6.07, 6.45) is 1.29. The number of amides is 2. The Morgan fingerprint density at radius 3 is 2.28 bits per heavy atom. The zero-order chi connectivity index (χ0) is 18.4. The number of hydrogen-bond donors (Lipinski definition) is 3. The summed E-state index contributed by atoms with van der Waals surface area (Å²) in [5.74, 6) is 0.186. The van der Waals surface area contributed by atoms with Gasteiger partial charge < -0.3 is 24.6 Å². The normalized spacial score (nSPS) is 10.0. The molecule has 1 aromatic carbocycles. The summed E-state index contributed by atoms with van der Waals surface area (Å²) in [5.41, 5.74) is 0.393. The Hall–Kier alpha value is -3.50. The van der Waals surface area contributed by atoms with Crippen LogP contribution in [0.5, 0.6) is 17.2 Å². The standard InChI is InChI=1S/C14H17N5O6/c1-23-9-4-8(5-10(24-2)13(9)25-3)15-14(22)16-11-6-19(18-17-11)7-12(20)21/h4-6H,7H2,1-3H3,(H,20,21)(H2,15,16,22). The Kier molecular flexibility index (Phi) is 5.61. The number of ether oxygens (including phenoxy) is 3. The number of aromatic nitrogens is 3. The maximum Gasteiger partial charge on any atom is 0.325 e. The second-order valence-electron chi connectivity index (χ2n) is 4.69. The second-order valence-corrected chi connectivity index (χ2v) is 4.69. The van der Waals surface area contributed by atoms with Gasteiger partial charge in [0.05, 0.1) is 33.2 Å². The molecule has 0 bridgehead atoms. The molecular weight excluding hydrogens is 334 g/mol. The lowest BCUT2D eigenvalue weighted by molar-refractivity contribution is -0.137. The van der Waals surface area contributed by atoms with E-state index in [1.807, 2.05) is 0 Å². The van der Waals surface area contributed by atoms with Crippen LogP contribution < -0.4 is 24.8 Å². The molecule has 0 aliphatic heterocycles. The average Bonchev–Trinajstić information content (AvgIpc) is 2.99. The van der Waals surface area contributed by atoms with Gasteiger partial charge in [0.25, 0.3) is 0 Å². The van der Waals surface area contributed by atoms with Gasteiger partial charge in [0.15, 0.2) is 17.3 Å². The molecule has 1 aromatic heterocycles. The molecule has 25 heavy (non-hydrogen) atoms. The number of nitrogens with one attached hydrogen (secondary N) is 2. The molecule has 0 aliphatic rings. The van der Waals surface area contributed by atoms with E-state index >= 15 is 0 Å². The summed E-state index contributed by atoms with van der Waals surface area (Å²) >= 11 is 0. The Morgan fingerprint density at radius 1 is 1.12 bits per heavy atom. The third-order valence-corrected chi connectivity index (χ3v) is 3.00. The van der Waals surface area contributed by atoms with Crippen molar-refractivity contribution < 1.29 is 28.9 Å². The molecule has 2 aromatic rings. The molecule has 0 spiro atoms. The number of hydrogen-bond acceptors (Lipinski definition) is 7. The third-order valence-electron chi connectivity index (χ3n) is 3.00. The van der Waals surface area contributed by atoms with Crippen LogP contribution in [-0.4, -0.2) is 53.4 Å². The first-order valence-electron chi connectivity index (χ1n) is 6.96. The number of urea groups is 1. The number of methoxy groups -OCH3 is 3. The van der Waals surface area contributed by atoms with Crippen molar-refractivity contribution >= 4 is 23.5 Å². The molecule has 2 rings (SSSR count). The smallest absolute Gasteiger partial charge is 0.325 e. The van der Waals surface area contributed by atoms with Crippen molar-refractivity contribution in [2.24, 2.45) is 0 Å². The van der Waals surface area contributed by atoms with Crippen LogP contribution in [0.25, 0.3) is 0 Å². The number of carboxylic acid groups (broad SMARTS) is 1. The number of carbonyl (C=O) groups is 2. The first-order chi connectivity index (χ1) is 12.0. The number of anilines is 2. The van der Waals surface area contributed by atoms with Gasteiger partial charge in [-0.3, -0.25) is 10.1 Å². The van der Waals surface area contributed by atoms with Crippen molar-refractivity contribution in [1.29, 1.82) is 0 Å². The topological polar surface area (TPSA) is 137 Å². The number of benzene rings is 1. The van der Waals surface area contributed by atoms with Gasteiger partial charge in [-0.25, -0.2) is 9.48 Å².